The molecule has 0 aliphatic carbocycles. The van der Waals surface area contributed by atoms with E-state index in [1.807, 2.05) is 32.2 Å². The van der Waals surface area contributed by atoms with Crippen LogP contribution in [0.5, 0.6) is 0 Å². The lowest BCUT2D eigenvalue weighted by Crippen LogP contribution is -2.28. The molecule has 9 heteroatoms. The first kappa shape index (κ1) is 20.8. The summed E-state index contributed by atoms with van der Waals surface area (Å²) in [5, 5.41) is 2.80. The topological polar surface area (TPSA) is 88.2 Å². The molecule has 0 fully saturated rings. The van der Waals surface area contributed by atoms with Gasteiger partial charge in [-0.25, -0.2) is 18.1 Å². The molecule has 0 spiro atoms. The van der Waals surface area contributed by atoms with Crippen LogP contribution < -0.4 is 10.0 Å². The predicted octanol–water partition coefficient (Wildman–Crippen LogP) is 3.94. The zero-order valence-electron chi connectivity index (χ0n) is 15.8. The smallest absolute Gasteiger partial charge is 0.240 e. The molecule has 6 nitrogen and oxygen atoms in total. The number of hydrogen-bond acceptors (Lipinski definition) is 6. The van der Waals surface area contributed by atoms with Crippen molar-refractivity contribution in [3.05, 3.63) is 47.5 Å². The van der Waals surface area contributed by atoms with Crippen molar-refractivity contribution < 1.29 is 13.2 Å². The highest BCUT2D eigenvalue weighted by Gasteiger charge is 2.15. The summed E-state index contributed by atoms with van der Waals surface area (Å²) in [7, 11) is -3.64. The predicted molar refractivity (Wildman–Crippen MR) is 116 cm³/mol. The standard InChI is InChI=1S/C19H21N3O3S3/c1-12-4-6-15(10-13(12)2)28(24,25)20-9-8-18(23)21-14-5-7-16-17(11-14)27-19(22-16)26-3/h4-7,10-11,20H,8-9H2,1-3H3,(H,21,23). The van der Waals surface area contributed by atoms with E-state index >= 15 is 0 Å². The van der Waals surface area contributed by atoms with E-state index in [4.69, 9.17) is 0 Å². The Balaban J connectivity index is 1.57. The van der Waals surface area contributed by atoms with E-state index < -0.39 is 10.0 Å². The summed E-state index contributed by atoms with van der Waals surface area (Å²) in [5.41, 5.74) is 3.50. The van der Waals surface area contributed by atoms with Crippen LogP contribution in [0.2, 0.25) is 0 Å². The van der Waals surface area contributed by atoms with Gasteiger partial charge in [0.05, 0.1) is 15.1 Å². The molecule has 1 heterocycles. The van der Waals surface area contributed by atoms with Crippen LogP contribution >= 0.6 is 23.1 Å². The van der Waals surface area contributed by atoms with Gasteiger partial charge in [-0.05, 0) is 61.6 Å². The zero-order chi connectivity index (χ0) is 20.3. The molecule has 0 saturated heterocycles. The van der Waals surface area contributed by atoms with E-state index in [2.05, 4.69) is 15.0 Å². The number of rotatable bonds is 7. The molecule has 1 aromatic heterocycles. The van der Waals surface area contributed by atoms with Crippen molar-refractivity contribution >= 4 is 54.9 Å². The Kier molecular flexibility index (Phi) is 6.39. The Labute approximate surface area is 172 Å². The van der Waals surface area contributed by atoms with Gasteiger partial charge in [0.25, 0.3) is 0 Å². The highest BCUT2D eigenvalue weighted by atomic mass is 32.2. The normalized spacial score (nSPS) is 11.7. The highest BCUT2D eigenvalue weighted by molar-refractivity contribution is 8.00. The Morgan fingerprint density at radius 2 is 1.93 bits per heavy atom. The van der Waals surface area contributed by atoms with Crippen molar-refractivity contribution in [3.63, 3.8) is 0 Å². The third-order valence-electron chi connectivity index (χ3n) is 4.26. The second-order valence-electron chi connectivity index (χ2n) is 6.31. The molecule has 2 aromatic carbocycles. The molecule has 0 aliphatic rings. The molecular formula is C19H21N3O3S3. The van der Waals surface area contributed by atoms with Gasteiger partial charge in [-0.15, -0.1) is 11.3 Å². The summed E-state index contributed by atoms with van der Waals surface area (Å²) < 4.78 is 29.2. The number of aryl methyl sites for hydroxylation is 2. The number of sulfonamides is 1. The number of thioether (sulfide) groups is 1. The molecule has 2 N–H and O–H groups in total. The second kappa shape index (κ2) is 8.60. The molecule has 3 aromatic rings. The van der Waals surface area contributed by atoms with Crippen LogP contribution in [-0.2, 0) is 14.8 Å². The second-order valence-corrected chi connectivity index (χ2v) is 10.2. The maximum absolute atomic E-state index is 12.4. The number of aromatic nitrogens is 1. The lowest BCUT2D eigenvalue weighted by Gasteiger charge is -2.09. The number of nitrogens with zero attached hydrogens (tertiary/aromatic N) is 1. The molecule has 0 aliphatic heterocycles. The molecule has 148 valence electrons. The average molecular weight is 436 g/mol. The monoisotopic (exact) mass is 435 g/mol. The summed E-state index contributed by atoms with van der Waals surface area (Å²) in [5.74, 6) is -0.253. The minimum absolute atomic E-state index is 0.0283. The van der Waals surface area contributed by atoms with Crippen molar-refractivity contribution in [2.45, 2.75) is 29.5 Å². The zero-order valence-corrected chi connectivity index (χ0v) is 18.2. The van der Waals surface area contributed by atoms with Crippen molar-refractivity contribution in [2.75, 3.05) is 18.1 Å². The summed E-state index contributed by atoms with van der Waals surface area (Å²) in [6, 6.07) is 10.5. The third kappa shape index (κ3) is 4.91. The fourth-order valence-electron chi connectivity index (χ4n) is 2.56. The van der Waals surface area contributed by atoms with Crippen LogP contribution in [0, 0.1) is 13.8 Å². The molecule has 0 atom stereocenters. The van der Waals surface area contributed by atoms with Gasteiger partial charge in [0.2, 0.25) is 15.9 Å². The Morgan fingerprint density at radius 3 is 2.64 bits per heavy atom. The van der Waals surface area contributed by atoms with Crippen molar-refractivity contribution in [1.82, 2.24) is 9.71 Å². The van der Waals surface area contributed by atoms with Crippen LogP contribution in [-0.4, -0.2) is 32.1 Å². The first-order valence-electron chi connectivity index (χ1n) is 8.60. The van der Waals surface area contributed by atoms with Crippen LogP contribution in [0.25, 0.3) is 10.2 Å². The van der Waals surface area contributed by atoms with Crippen LogP contribution in [0.15, 0.2) is 45.6 Å². The first-order valence-corrected chi connectivity index (χ1v) is 12.1. The van der Waals surface area contributed by atoms with Crippen LogP contribution in [0.4, 0.5) is 5.69 Å². The number of thiazole rings is 1. The van der Waals surface area contributed by atoms with Gasteiger partial charge < -0.3 is 5.32 Å². The number of fused-ring (bicyclic) bond motifs is 1. The molecule has 0 bridgehead atoms. The van der Waals surface area contributed by atoms with E-state index in [9.17, 15) is 13.2 Å². The van der Waals surface area contributed by atoms with E-state index in [1.165, 1.54) is 0 Å². The Bertz CT molecular complexity index is 1120. The minimum Gasteiger partial charge on any atom is -0.326 e. The lowest BCUT2D eigenvalue weighted by atomic mass is 10.1. The summed E-state index contributed by atoms with van der Waals surface area (Å²) in [4.78, 5) is 16.8. The van der Waals surface area contributed by atoms with E-state index in [0.717, 1.165) is 25.7 Å². The third-order valence-corrected chi connectivity index (χ3v) is 7.72. The van der Waals surface area contributed by atoms with E-state index in [1.54, 1.807) is 47.4 Å². The minimum atomic E-state index is -3.64. The number of benzene rings is 2. The molecule has 1 amide bonds. The molecule has 0 radical (unpaired) electrons. The molecular weight excluding hydrogens is 414 g/mol. The summed E-state index contributed by atoms with van der Waals surface area (Å²) in [6.45, 7) is 3.82. The quantitative estimate of drug-likeness (QED) is 0.549. The van der Waals surface area contributed by atoms with Crippen molar-refractivity contribution in [3.8, 4) is 0 Å². The number of carbonyl (C=O) groups is 1. The maximum atomic E-state index is 12.4. The van der Waals surface area contributed by atoms with Gasteiger partial charge in [0.1, 0.15) is 0 Å². The number of carbonyl (C=O) groups excluding carboxylic acids is 1. The molecule has 28 heavy (non-hydrogen) atoms. The molecule has 3 rings (SSSR count). The van der Waals surface area contributed by atoms with Gasteiger partial charge in [-0.3, -0.25) is 4.79 Å². The Morgan fingerprint density at radius 1 is 1.14 bits per heavy atom. The largest absolute Gasteiger partial charge is 0.326 e. The fourth-order valence-corrected chi connectivity index (χ4v) is 5.20. The van der Waals surface area contributed by atoms with Gasteiger partial charge in [0, 0.05) is 18.7 Å². The Hall–Kier alpha value is -1.94. The average Bonchev–Trinajstić information content (AvgIpc) is 3.06. The summed E-state index contributed by atoms with van der Waals surface area (Å²) >= 11 is 3.15. The number of anilines is 1. The van der Waals surface area contributed by atoms with Gasteiger partial charge >= 0.3 is 0 Å². The first-order chi connectivity index (χ1) is 13.3. The van der Waals surface area contributed by atoms with E-state index in [-0.39, 0.29) is 23.8 Å². The number of hydrogen-bond donors (Lipinski definition) is 2. The van der Waals surface area contributed by atoms with Gasteiger partial charge in [-0.2, -0.15) is 0 Å². The van der Waals surface area contributed by atoms with Gasteiger partial charge in [-0.1, -0.05) is 17.8 Å². The van der Waals surface area contributed by atoms with Crippen molar-refractivity contribution in [1.29, 1.82) is 0 Å². The highest BCUT2D eigenvalue weighted by Crippen LogP contribution is 2.30. The lowest BCUT2D eigenvalue weighted by molar-refractivity contribution is -0.116. The van der Waals surface area contributed by atoms with Crippen LogP contribution in [0.1, 0.15) is 17.5 Å². The van der Waals surface area contributed by atoms with Gasteiger partial charge in [0.15, 0.2) is 4.34 Å². The fraction of sp³-hybridized carbons (Fsp3) is 0.263. The molecule has 0 saturated carbocycles. The SMILES string of the molecule is CSc1nc2ccc(NC(=O)CCNS(=O)(=O)c3ccc(C)c(C)c3)cc2s1. The van der Waals surface area contributed by atoms with Crippen LogP contribution in [0.3, 0.4) is 0 Å². The number of nitrogens with one attached hydrogen (secondary N) is 2. The maximum Gasteiger partial charge on any atom is 0.240 e. The van der Waals surface area contributed by atoms with Crippen molar-refractivity contribution in [2.24, 2.45) is 0 Å². The van der Waals surface area contributed by atoms with E-state index in [0.29, 0.717) is 5.69 Å². The number of amides is 1. The molecule has 0 unspecified atom stereocenters. The summed E-state index contributed by atoms with van der Waals surface area (Å²) in [6.07, 6.45) is 2.01.